The first-order valence-electron chi connectivity index (χ1n) is 9.20. The highest BCUT2D eigenvalue weighted by molar-refractivity contribution is 9.10. The first-order chi connectivity index (χ1) is 15.0. The van der Waals surface area contributed by atoms with E-state index in [0.29, 0.717) is 22.5 Å². The summed E-state index contributed by atoms with van der Waals surface area (Å²) in [5.74, 6) is 0.0164. The summed E-state index contributed by atoms with van der Waals surface area (Å²) in [6.07, 6.45) is 0. The second-order valence-corrected chi connectivity index (χ2v) is 11.9. The van der Waals surface area contributed by atoms with Crippen molar-refractivity contribution >= 4 is 63.3 Å². The topological polar surface area (TPSA) is 102 Å². The molecular formula is C21H20Br2N2O5S2. The van der Waals surface area contributed by atoms with Gasteiger partial charge in [0, 0.05) is 8.95 Å². The maximum absolute atomic E-state index is 13.2. The fourth-order valence-electron chi connectivity index (χ4n) is 2.87. The van der Waals surface area contributed by atoms with Crippen molar-refractivity contribution in [3.63, 3.8) is 0 Å². The molecule has 0 atom stereocenters. The molecule has 11 heteroatoms. The standard InChI is InChI=1S/C21H20Br2N2O5S2/c1-13-16(22)6-4-8-18(13)24-31(26,27)15-10-11-20(30-3)21(12-15)32(28,29)25-19-9-5-7-17(23)14(19)2/h4-12,24-25H,1-3H3. The predicted octanol–water partition coefficient (Wildman–Crippen LogP) is 5.44. The minimum Gasteiger partial charge on any atom is -0.495 e. The van der Waals surface area contributed by atoms with E-state index in [1.807, 2.05) is 0 Å². The Morgan fingerprint density at radius 2 is 1.25 bits per heavy atom. The molecule has 0 aliphatic carbocycles. The maximum Gasteiger partial charge on any atom is 0.265 e. The predicted molar refractivity (Wildman–Crippen MR) is 132 cm³/mol. The van der Waals surface area contributed by atoms with Crippen LogP contribution in [0.3, 0.4) is 0 Å². The van der Waals surface area contributed by atoms with E-state index in [2.05, 4.69) is 41.3 Å². The largest absolute Gasteiger partial charge is 0.495 e. The Bertz CT molecular complexity index is 1390. The van der Waals surface area contributed by atoms with Crippen molar-refractivity contribution in [2.75, 3.05) is 16.6 Å². The van der Waals surface area contributed by atoms with E-state index in [0.717, 1.165) is 15.0 Å². The Balaban J connectivity index is 2.04. The Hall–Kier alpha value is -2.08. The molecule has 0 saturated heterocycles. The molecule has 0 fully saturated rings. The Labute approximate surface area is 204 Å². The van der Waals surface area contributed by atoms with Crippen molar-refractivity contribution in [2.24, 2.45) is 0 Å². The van der Waals surface area contributed by atoms with Gasteiger partial charge in [-0.3, -0.25) is 9.44 Å². The van der Waals surface area contributed by atoms with E-state index in [9.17, 15) is 16.8 Å². The summed E-state index contributed by atoms with van der Waals surface area (Å²) in [6, 6.07) is 13.9. The number of sulfonamides is 2. The van der Waals surface area contributed by atoms with Crippen LogP contribution in [0.25, 0.3) is 0 Å². The molecule has 0 aliphatic rings. The zero-order valence-electron chi connectivity index (χ0n) is 17.3. The molecular weight excluding hydrogens is 584 g/mol. The van der Waals surface area contributed by atoms with E-state index < -0.39 is 20.0 Å². The van der Waals surface area contributed by atoms with Gasteiger partial charge in [0.2, 0.25) is 0 Å². The molecule has 170 valence electrons. The summed E-state index contributed by atoms with van der Waals surface area (Å²) in [5.41, 5.74) is 2.12. The lowest BCUT2D eigenvalue weighted by Gasteiger charge is -2.16. The van der Waals surface area contributed by atoms with E-state index in [1.54, 1.807) is 50.2 Å². The summed E-state index contributed by atoms with van der Waals surface area (Å²) in [6.45, 7) is 3.51. The molecule has 0 aliphatic heterocycles. The number of rotatable bonds is 7. The van der Waals surface area contributed by atoms with E-state index in [1.165, 1.54) is 19.2 Å². The SMILES string of the molecule is COc1ccc(S(=O)(=O)Nc2cccc(Br)c2C)cc1S(=O)(=O)Nc1cccc(Br)c1C. The maximum atomic E-state index is 13.2. The van der Waals surface area contributed by atoms with Crippen LogP contribution in [0.15, 0.2) is 73.3 Å². The molecule has 7 nitrogen and oxygen atoms in total. The Kier molecular flexibility index (Phi) is 7.23. The van der Waals surface area contributed by atoms with Crippen LogP contribution in [0, 0.1) is 13.8 Å². The summed E-state index contributed by atoms with van der Waals surface area (Å²) in [7, 11) is -6.92. The smallest absolute Gasteiger partial charge is 0.265 e. The number of hydrogen-bond acceptors (Lipinski definition) is 5. The second-order valence-electron chi connectivity index (χ2n) is 6.85. The van der Waals surface area contributed by atoms with Crippen molar-refractivity contribution in [1.82, 2.24) is 0 Å². The lowest BCUT2D eigenvalue weighted by Crippen LogP contribution is -2.18. The fourth-order valence-corrected chi connectivity index (χ4v) is 6.15. The Morgan fingerprint density at radius 1 is 0.750 bits per heavy atom. The lowest BCUT2D eigenvalue weighted by atomic mass is 10.2. The van der Waals surface area contributed by atoms with Crippen LogP contribution in [0.4, 0.5) is 11.4 Å². The van der Waals surface area contributed by atoms with Gasteiger partial charge >= 0.3 is 0 Å². The molecule has 3 aromatic rings. The van der Waals surface area contributed by atoms with Gasteiger partial charge in [0.1, 0.15) is 10.6 Å². The van der Waals surface area contributed by atoms with Gasteiger partial charge in [-0.15, -0.1) is 0 Å². The zero-order chi connectivity index (χ0) is 23.7. The number of anilines is 2. The van der Waals surface area contributed by atoms with Crippen molar-refractivity contribution in [3.05, 3.63) is 74.7 Å². The van der Waals surface area contributed by atoms with Gasteiger partial charge < -0.3 is 4.74 Å². The van der Waals surface area contributed by atoms with Crippen molar-refractivity contribution in [3.8, 4) is 5.75 Å². The highest BCUT2D eigenvalue weighted by Gasteiger charge is 2.25. The minimum atomic E-state index is -4.16. The molecule has 0 bridgehead atoms. The molecule has 0 saturated carbocycles. The summed E-state index contributed by atoms with van der Waals surface area (Å²) in [5, 5.41) is 0. The molecule has 3 aromatic carbocycles. The number of methoxy groups -OCH3 is 1. The third kappa shape index (κ3) is 5.11. The molecule has 0 heterocycles. The minimum absolute atomic E-state index is 0.0164. The summed E-state index contributed by atoms with van der Waals surface area (Å²) in [4.78, 5) is -0.516. The summed E-state index contributed by atoms with van der Waals surface area (Å²) >= 11 is 6.73. The lowest BCUT2D eigenvalue weighted by molar-refractivity contribution is 0.402. The number of halogens is 2. The molecule has 0 unspecified atom stereocenters. The van der Waals surface area contributed by atoms with Crippen molar-refractivity contribution < 1.29 is 21.6 Å². The van der Waals surface area contributed by atoms with Crippen LogP contribution >= 0.6 is 31.9 Å². The first kappa shape index (κ1) is 24.6. The quantitative estimate of drug-likeness (QED) is 0.374. The molecule has 3 rings (SSSR count). The molecule has 0 spiro atoms. The van der Waals surface area contributed by atoms with Gasteiger partial charge in [0.15, 0.2) is 0 Å². The molecule has 32 heavy (non-hydrogen) atoms. The van der Waals surface area contributed by atoms with E-state index in [4.69, 9.17) is 4.74 Å². The van der Waals surface area contributed by atoms with Crippen LogP contribution in [0.2, 0.25) is 0 Å². The van der Waals surface area contributed by atoms with Crippen LogP contribution in [-0.2, 0) is 20.0 Å². The Morgan fingerprint density at radius 3 is 1.75 bits per heavy atom. The monoisotopic (exact) mass is 602 g/mol. The third-order valence-electron chi connectivity index (χ3n) is 4.76. The molecule has 0 aromatic heterocycles. The van der Waals surface area contributed by atoms with Gasteiger partial charge in [-0.05, 0) is 67.4 Å². The number of ether oxygens (including phenoxy) is 1. The fraction of sp³-hybridized carbons (Fsp3) is 0.143. The van der Waals surface area contributed by atoms with Gasteiger partial charge in [-0.1, -0.05) is 44.0 Å². The van der Waals surface area contributed by atoms with Crippen LogP contribution < -0.4 is 14.2 Å². The van der Waals surface area contributed by atoms with Crippen molar-refractivity contribution in [2.45, 2.75) is 23.6 Å². The van der Waals surface area contributed by atoms with Gasteiger partial charge in [0.25, 0.3) is 20.0 Å². The number of nitrogens with one attached hydrogen (secondary N) is 2. The molecule has 0 radical (unpaired) electrons. The van der Waals surface area contributed by atoms with Gasteiger partial charge in [-0.25, -0.2) is 16.8 Å². The van der Waals surface area contributed by atoms with Crippen LogP contribution in [0.1, 0.15) is 11.1 Å². The average Bonchev–Trinajstić information content (AvgIpc) is 2.74. The first-order valence-corrected chi connectivity index (χ1v) is 13.8. The number of benzene rings is 3. The molecule has 2 N–H and O–H groups in total. The summed E-state index contributed by atoms with van der Waals surface area (Å²) < 4.78 is 64.0. The third-order valence-corrected chi connectivity index (χ3v) is 9.23. The zero-order valence-corrected chi connectivity index (χ0v) is 22.1. The van der Waals surface area contributed by atoms with Crippen LogP contribution in [0.5, 0.6) is 5.75 Å². The van der Waals surface area contributed by atoms with E-state index in [-0.39, 0.29) is 15.5 Å². The molecule has 0 amide bonds. The highest BCUT2D eigenvalue weighted by atomic mass is 79.9. The second kappa shape index (κ2) is 9.42. The van der Waals surface area contributed by atoms with Gasteiger partial charge in [0.05, 0.1) is 23.4 Å². The van der Waals surface area contributed by atoms with Gasteiger partial charge in [-0.2, -0.15) is 0 Å². The van der Waals surface area contributed by atoms with Crippen LogP contribution in [-0.4, -0.2) is 23.9 Å². The van der Waals surface area contributed by atoms with E-state index >= 15 is 0 Å². The average molecular weight is 604 g/mol. The van der Waals surface area contributed by atoms with Crippen molar-refractivity contribution in [1.29, 1.82) is 0 Å². The normalized spacial score (nSPS) is 11.8. The number of hydrogen-bond donors (Lipinski definition) is 2. The highest BCUT2D eigenvalue weighted by Crippen LogP contribution is 2.32.